The van der Waals surface area contributed by atoms with Crippen LogP contribution in [-0.2, 0) is 0 Å². The van der Waals surface area contributed by atoms with Gasteiger partial charge in [0.1, 0.15) is 11.6 Å². The first-order chi connectivity index (χ1) is 8.54. The van der Waals surface area contributed by atoms with Gasteiger partial charge in [-0.25, -0.2) is 4.39 Å². The molecule has 2 aromatic rings. The first kappa shape index (κ1) is 13.1. The Balaban J connectivity index is 2.52. The smallest absolute Gasteiger partial charge is 0.132 e. The van der Waals surface area contributed by atoms with E-state index in [2.05, 4.69) is 0 Å². The molecule has 96 valence electrons. The summed E-state index contributed by atoms with van der Waals surface area (Å²) in [6.07, 6.45) is 0. The van der Waals surface area contributed by atoms with Gasteiger partial charge in [-0.15, -0.1) is 11.3 Å². The Morgan fingerprint density at radius 3 is 2.61 bits per heavy atom. The van der Waals surface area contributed by atoms with E-state index in [1.54, 1.807) is 23.5 Å². The number of rotatable bonds is 3. The summed E-state index contributed by atoms with van der Waals surface area (Å²) in [5.74, 6) is 0.163. The SMILES string of the molecule is COc1cccc(F)c1C(N)c1cc(C)sc1C. The Kier molecular flexibility index (Phi) is 3.68. The van der Waals surface area contributed by atoms with Gasteiger partial charge >= 0.3 is 0 Å². The number of halogens is 1. The largest absolute Gasteiger partial charge is 0.496 e. The Labute approximate surface area is 110 Å². The van der Waals surface area contributed by atoms with Gasteiger partial charge in [-0.3, -0.25) is 0 Å². The average Bonchev–Trinajstić information content (AvgIpc) is 2.67. The molecule has 1 unspecified atom stereocenters. The van der Waals surface area contributed by atoms with Crippen LogP contribution in [0.2, 0.25) is 0 Å². The normalized spacial score (nSPS) is 12.5. The highest BCUT2D eigenvalue weighted by atomic mass is 32.1. The molecule has 0 radical (unpaired) electrons. The fourth-order valence-electron chi connectivity index (χ4n) is 2.11. The first-order valence-electron chi connectivity index (χ1n) is 5.69. The molecule has 1 atom stereocenters. The molecule has 0 fully saturated rings. The van der Waals surface area contributed by atoms with Crippen molar-refractivity contribution >= 4 is 11.3 Å². The van der Waals surface area contributed by atoms with E-state index in [1.807, 2.05) is 19.9 Å². The van der Waals surface area contributed by atoms with Crippen LogP contribution in [0.15, 0.2) is 24.3 Å². The summed E-state index contributed by atoms with van der Waals surface area (Å²) >= 11 is 1.67. The van der Waals surface area contributed by atoms with Crippen LogP contribution in [0, 0.1) is 19.7 Å². The van der Waals surface area contributed by atoms with Crippen molar-refractivity contribution in [1.82, 2.24) is 0 Å². The van der Waals surface area contributed by atoms with Gasteiger partial charge in [-0.05, 0) is 37.6 Å². The van der Waals surface area contributed by atoms with E-state index in [1.165, 1.54) is 18.1 Å². The third kappa shape index (κ3) is 2.26. The molecular formula is C14H16FNOS. The number of nitrogens with two attached hydrogens (primary N) is 1. The van der Waals surface area contributed by atoms with E-state index in [0.717, 1.165) is 10.4 Å². The van der Waals surface area contributed by atoms with Crippen LogP contribution in [-0.4, -0.2) is 7.11 Å². The molecule has 1 aromatic heterocycles. The van der Waals surface area contributed by atoms with Crippen LogP contribution < -0.4 is 10.5 Å². The Hall–Kier alpha value is -1.39. The van der Waals surface area contributed by atoms with Gasteiger partial charge in [0.2, 0.25) is 0 Å². The lowest BCUT2D eigenvalue weighted by Gasteiger charge is -2.16. The van der Waals surface area contributed by atoms with Gasteiger partial charge in [0.05, 0.1) is 18.7 Å². The molecule has 18 heavy (non-hydrogen) atoms. The highest BCUT2D eigenvalue weighted by Gasteiger charge is 2.21. The van der Waals surface area contributed by atoms with E-state index < -0.39 is 6.04 Å². The summed E-state index contributed by atoms with van der Waals surface area (Å²) in [7, 11) is 1.52. The molecule has 0 aliphatic heterocycles. The molecule has 0 aliphatic rings. The minimum absolute atomic E-state index is 0.329. The number of benzene rings is 1. The van der Waals surface area contributed by atoms with Crippen molar-refractivity contribution in [2.75, 3.05) is 7.11 Å². The maximum absolute atomic E-state index is 14.0. The zero-order chi connectivity index (χ0) is 13.3. The molecule has 0 aliphatic carbocycles. The fraction of sp³-hybridized carbons (Fsp3) is 0.286. The maximum Gasteiger partial charge on any atom is 0.132 e. The highest BCUT2D eigenvalue weighted by Crippen LogP contribution is 2.34. The predicted molar refractivity (Wildman–Crippen MR) is 72.8 cm³/mol. The summed E-state index contributed by atoms with van der Waals surface area (Å²) in [5.41, 5.74) is 7.57. The number of hydrogen-bond donors (Lipinski definition) is 1. The van der Waals surface area contributed by atoms with Crippen LogP contribution in [0.1, 0.15) is 26.9 Å². The van der Waals surface area contributed by atoms with Gasteiger partial charge in [-0.2, -0.15) is 0 Å². The van der Waals surface area contributed by atoms with Crippen LogP contribution in [0.4, 0.5) is 4.39 Å². The zero-order valence-electron chi connectivity index (χ0n) is 10.7. The second kappa shape index (κ2) is 5.08. The highest BCUT2D eigenvalue weighted by molar-refractivity contribution is 7.12. The molecule has 0 spiro atoms. The zero-order valence-corrected chi connectivity index (χ0v) is 11.5. The predicted octanol–water partition coefficient (Wildman–Crippen LogP) is 3.56. The first-order valence-corrected chi connectivity index (χ1v) is 6.51. The van der Waals surface area contributed by atoms with Crippen LogP contribution in [0.5, 0.6) is 5.75 Å². The van der Waals surface area contributed by atoms with Crippen molar-refractivity contribution in [3.63, 3.8) is 0 Å². The fourth-order valence-corrected chi connectivity index (χ4v) is 3.08. The van der Waals surface area contributed by atoms with E-state index in [-0.39, 0.29) is 5.82 Å². The molecule has 4 heteroatoms. The topological polar surface area (TPSA) is 35.2 Å². The Morgan fingerprint density at radius 1 is 1.33 bits per heavy atom. The van der Waals surface area contributed by atoms with Crippen molar-refractivity contribution in [2.24, 2.45) is 5.73 Å². The maximum atomic E-state index is 14.0. The molecule has 1 aromatic carbocycles. The molecular weight excluding hydrogens is 249 g/mol. The summed E-state index contributed by atoms with van der Waals surface area (Å²) in [6, 6.07) is 6.28. The molecule has 1 heterocycles. The van der Waals surface area contributed by atoms with E-state index in [0.29, 0.717) is 11.3 Å². The molecule has 0 saturated heterocycles. The van der Waals surface area contributed by atoms with Gasteiger partial charge < -0.3 is 10.5 Å². The second-order valence-corrected chi connectivity index (χ2v) is 5.66. The van der Waals surface area contributed by atoms with Crippen LogP contribution in [0.3, 0.4) is 0 Å². The lowest BCUT2D eigenvalue weighted by atomic mass is 9.98. The van der Waals surface area contributed by atoms with E-state index in [9.17, 15) is 4.39 Å². The van der Waals surface area contributed by atoms with Crippen molar-refractivity contribution in [3.05, 3.63) is 51.0 Å². The Bertz CT molecular complexity index is 565. The van der Waals surface area contributed by atoms with Crippen molar-refractivity contribution in [3.8, 4) is 5.75 Å². The number of ether oxygens (including phenoxy) is 1. The van der Waals surface area contributed by atoms with Gasteiger partial charge in [-0.1, -0.05) is 6.07 Å². The lowest BCUT2D eigenvalue weighted by Crippen LogP contribution is -2.15. The second-order valence-electron chi connectivity index (χ2n) is 4.20. The summed E-state index contributed by atoms with van der Waals surface area (Å²) < 4.78 is 19.2. The van der Waals surface area contributed by atoms with Crippen molar-refractivity contribution in [1.29, 1.82) is 0 Å². The third-order valence-electron chi connectivity index (χ3n) is 2.96. The minimum atomic E-state index is -0.494. The summed E-state index contributed by atoms with van der Waals surface area (Å²) in [6.45, 7) is 4.02. The molecule has 0 saturated carbocycles. The van der Waals surface area contributed by atoms with Crippen LogP contribution in [0.25, 0.3) is 0 Å². The molecule has 2 N–H and O–H groups in total. The number of methoxy groups -OCH3 is 1. The summed E-state index contributed by atoms with van der Waals surface area (Å²) in [5, 5.41) is 0. The van der Waals surface area contributed by atoms with Crippen molar-refractivity contribution < 1.29 is 9.13 Å². The monoisotopic (exact) mass is 265 g/mol. The molecule has 2 rings (SSSR count). The molecule has 0 amide bonds. The van der Waals surface area contributed by atoms with Crippen molar-refractivity contribution in [2.45, 2.75) is 19.9 Å². The number of hydrogen-bond acceptors (Lipinski definition) is 3. The Morgan fingerprint density at radius 2 is 2.06 bits per heavy atom. The molecule has 0 bridgehead atoms. The van der Waals surface area contributed by atoms with Crippen LogP contribution >= 0.6 is 11.3 Å². The van der Waals surface area contributed by atoms with Gasteiger partial charge in [0.25, 0.3) is 0 Å². The summed E-state index contributed by atoms with van der Waals surface area (Å²) in [4.78, 5) is 2.29. The minimum Gasteiger partial charge on any atom is -0.496 e. The lowest BCUT2D eigenvalue weighted by molar-refractivity contribution is 0.402. The number of aryl methyl sites for hydroxylation is 2. The van der Waals surface area contributed by atoms with E-state index in [4.69, 9.17) is 10.5 Å². The van der Waals surface area contributed by atoms with Gasteiger partial charge in [0.15, 0.2) is 0 Å². The quantitative estimate of drug-likeness (QED) is 0.921. The van der Waals surface area contributed by atoms with E-state index >= 15 is 0 Å². The molecule has 2 nitrogen and oxygen atoms in total. The standard InChI is InChI=1S/C14H16FNOS/c1-8-7-10(9(2)18-8)14(16)13-11(15)5-4-6-12(13)17-3/h4-7,14H,16H2,1-3H3. The number of thiophene rings is 1. The average molecular weight is 265 g/mol. The third-order valence-corrected chi connectivity index (χ3v) is 3.94. The van der Waals surface area contributed by atoms with Gasteiger partial charge in [0, 0.05) is 9.75 Å².